The van der Waals surface area contributed by atoms with Gasteiger partial charge in [0.2, 0.25) is 5.91 Å². The number of amides is 1. The summed E-state index contributed by atoms with van der Waals surface area (Å²) in [5.74, 6) is -0.305. The fourth-order valence-electron chi connectivity index (χ4n) is 1.59. The molecule has 0 saturated heterocycles. The van der Waals surface area contributed by atoms with Gasteiger partial charge in [0.1, 0.15) is 11.5 Å². The van der Waals surface area contributed by atoms with Gasteiger partial charge in [-0.1, -0.05) is 0 Å². The first-order valence-corrected chi connectivity index (χ1v) is 6.13. The molecule has 0 radical (unpaired) electrons. The molecule has 0 fully saturated rings. The van der Waals surface area contributed by atoms with E-state index in [2.05, 4.69) is 15.6 Å². The van der Waals surface area contributed by atoms with E-state index in [4.69, 9.17) is 10.5 Å². The summed E-state index contributed by atoms with van der Waals surface area (Å²) in [4.78, 5) is 36.8. The number of aromatic nitrogens is 2. The Morgan fingerprint density at radius 1 is 1.45 bits per heavy atom. The lowest BCUT2D eigenvalue weighted by molar-refractivity contribution is -0.119. The normalized spacial score (nSPS) is 10.3. The fraction of sp³-hybridized carbons (Fsp3) is 0.545. The largest absolute Gasteiger partial charge is 0.383 e. The fourth-order valence-corrected chi connectivity index (χ4v) is 1.59. The van der Waals surface area contributed by atoms with Crippen LogP contribution in [0.2, 0.25) is 0 Å². The molecule has 1 amide bonds. The minimum absolute atomic E-state index is 0.00745. The summed E-state index contributed by atoms with van der Waals surface area (Å²) >= 11 is 0. The number of nitrogens with one attached hydrogen (secondary N) is 3. The van der Waals surface area contributed by atoms with Gasteiger partial charge < -0.3 is 21.1 Å². The molecular formula is C11H19N5O4. The number of ether oxygens (including phenoxy) is 1. The van der Waals surface area contributed by atoms with Gasteiger partial charge in [0, 0.05) is 13.7 Å². The Morgan fingerprint density at radius 2 is 2.15 bits per heavy atom. The third-order valence-electron chi connectivity index (χ3n) is 2.56. The molecule has 0 atom stereocenters. The zero-order valence-electron chi connectivity index (χ0n) is 11.5. The van der Waals surface area contributed by atoms with Gasteiger partial charge in [-0.25, -0.2) is 4.79 Å². The Balaban J connectivity index is 2.98. The molecule has 0 unspecified atom stereocenters. The Bertz CT molecular complexity index is 577. The first-order valence-electron chi connectivity index (χ1n) is 6.13. The summed E-state index contributed by atoms with van der Waals surface area (Å²) < 4.78 is 6.04. The maximum Gasteiger partial charge on any atom is 0.330 e. The van der Waals surface area contributed by atoms with Crippen LogP contribution in [0.4, 0.5) is 11.5 Å². The summed E-state index contributed by atoms with van der Waals surface area (Å²) in [5, 5.41) is 5.20. The highest BCUT2D eigenvalue weighted by atomic mass is 16.5. The Hall–Kier alpha value is -2.29. The molecule has 1 rings (SSSR count). The molecule has 5 N–H and O–H groups in total. The van der Waals surface area contributed by atoms with E-state index >= 15 is 0 Å². The van der Waals surface area contributed by atoms with Crippen molar-refractivity contribution in [3.63, 3.8) is 0 Å². The molecule has 0 aliphatic rings. The zero-order valence-corrected chi connectivity index (χ0v) is 11.5. The lowest BCUT2D eigenvalue weighted by atomic mass is 10.4. The summed E-state index contributed by atoms with van der Waals surface area (Å²) in [6.07, 6.45) is 0. The van der Waals surface area contributed by atoms with Crippen molar-refractivity contribution >= 4 is 17.4 Å². The maximum atomic E-state index is 11.7. The van der Waals surface area contributed by atoms with Crippen LogP contribution in [0.5, 0.6) is 0 Å². The molecule has 0 spiro atoms. The maximum absolute atomic E-state index is 11.7. The molecule has 1 aromatic rings. The van der Waals surface area contributed by atoms with E-state index in [0.29, 0.717) is 6.54 Å². The molecule has 1 heterocycles. The number of nitrogen functional groups attached to an aromatic ring is 1. The Morgan fingerprint density at radius 3 is 2.75 bits per heavy atom. The van der Waals surface area contributed by atoms with Crippen LogP contribution < -0.4 is 27.6 Å². The van der Waals surface area contributed by atoms with Gasteiger partial charge >= 0.3 is 5.69 Å². The molecule has 112 valence electrons. The number of likely N-dealkylation sites (N-methyl/N-ethyl adjacent to an activating group) is 1. The van der Waals surface area contributed by atoms with Gasteiger partial charge in [-0.2, -0.15) is 0 Å². The van der Waals surface area contributed by atoms with E-state index in [1.165, 1.54) is 11.7 Å². The average Bonchev–Trinajstić information content (AvgIpc) is 2.38. The molecular weight excluding hydrogens is 266 g/mol. The van der Waals surface area contributed by atoms with Crippen LogP contribution in [0.3, 0.4) is 0 Å². The molecule has 0 aromatic carbocycles. The second kappa shape index (κ2) is 7.34. The number of hydrogen-bond acceptors (Lipinski definition) is 6. The van der Waals surface area contributed by atoms with E-state index in [9.17, 15) is 14.4 Å². The quantitative estimate of drug-likeness (QED) is 0.473. The van der Waals surface area contributed by atoms with Crippen molar-refractivity contribution in [3.8, 4) is 0 Å². The van der Waals surface area contributed by atoms with Gasteiger partial charge in [-0.15, -0.1) is 0 Å². The minimum atomic E-state index is -0.662. The lowest BCUT2D eigenvalue weighted by Crippen LogP contribution is -2.37. The van der Waals surface area contributed by atoms with Crippen LogP contribution in [-0.4, -0.2) is 42.3 Å². The standard InChI is InChI=1S/C11H19N5O4/c1-3-13-7(17)6-14-8-9(12)16(4-5-20-2)11(19)15-10(8)18/h14H,3-6,12H2,1-2H3,(H,13,17)(H,15,18,19). The van der Waals surface area contributed by atoms with Crippen molar-refractivity contribution < 1.29 is 9.53 Å². The lowest BCUT2D eigenvalue weighted by Gasteiger charge is -2.13. The van der Waals surface area contributed by atoms with Gasteiger partial charge in [-0.3, -0.25) is 19.1 Å². The Labute approximate surface area is 115 Å². The van der Waals surface area contributed by atoms with Crippen molar-refractivity contribution in [2.75, 3.05) is 37.9 Å². The highest BCUT2D eigenvalue weighted by Gasteiger charge is 2.12. The van der Waals surface area contributed by atoms with Crippen LogP contribution in [0.25, 0.3) is 0 Å². The van der Waals surface area contributed by atoms with E-state index in [1.54, 1.807) is 6.92 Å². The van der Waals surface area contributed by atoms with Crippen LogP contribution in [0, 0.1) is 0 Å². The van der Waals surface area contributed by atoms with Gasteiger partial charge in [0.05, 0.1) is 19.7 Å². The summed E-state index contributed by atoms with van der Waals surface area (Å²) in [6.45, 7) is 2.63. The molecule has 0 saturated carbocycles. The van der Waals surface area contributed by atoms with Crippen LogP contribution in [-0.2, 0) is 16.1 Å². The highest BCUT2D eigenvalue weighted by Crippen LogP contribution is 2.09. The molecule has 0 bridgehead atoms. The first-order chi connectivity index (χ1) is 9.51. The van der Waals surface area contributed by atoms with Crippen molar-refractivity contribution in [1.82, 2.24) is 14.9 Å². The van der Waals surface area contributed by atoms with Crippen molar-refractivity contribution in [1.29, 1.82) is 0 Å². The predicted octanol–water partition coefficient (Wildman–Crippen LogP) is -1.69. The summed E-state index contributed by atoms with van der Waals surface area (Å²) in [7, 11) is 1.49. The first kappa shape index (κ1) is 15.8. The van der Waals surface area contributed by atoms with Crippen LogP contribution in [0.15, 0.2) is 9.59 Å². The van der Waals surface area contributed by atoms with Crippen LogP contribution >= 0.6 is 0 Å². The smallest absolute Gasteiger partial charge is 0.330 e. The molecule has 9 heteroatoms. The number of hydrogen-bond donors (Lipinski definition) is 4. The molecule has 0 aliphatic heterocycles. The topological polar surface area (TPSA) is 131 Å². The Kier molecular flexibility index (Phi) is 5.78. The van der Waals surface area contributed by atoms with E-state index in [-0.39, 0.29) is 37.1 Å². The van der Waals surface area contributed by atoms with Gasteiger partial charge in [0.15, 0.2) is 0 Å². The van der Waals surface area contributed by atoms with Crippen molar-refractivity contribution in [2.45, 2.75) is 13.5 Å². The minimum Gasteiger partial charge on any atom is -0.383 e. The number of aromatic amines is 1. The summed E-state index contributed by atoms with van der Waals surface area (Å²) in [6, 6.07) is 0. The van der Waals surface area contributed by atoms with Crippen molar-refractivity contribution in [3.05, 3.63) is 20.8 Å². The molecule has 20 heavy (non-hydrogen) atoms. The number of carbonyl (C=O) groups is 1. The monoisotopic (exact) mass is 285 g/mol. The zero-order chi connectivity index (χ0) is 15.1. The number of anilines is 2. The van der Waals surface area contributed by atoms with E-state index < -0.39 is 11.2 Å². The number of rotatable bonds is 7. The average molecular weight is 285 g/mol. The third-order valence-corrected chi connectivity index (χ3v) is 2.56. The predicted molar refractivity (Wildman–Crippen MR) is 74.8 cm³/mol. The molecule has 1 aromatic heterocycles. The second-order valence-corrected chi connectivity index (χ2v) is 3.97. The van der Waals surface area contributed by atoms with Gasteiger partial charge in [-0.05, 0) is 6.92 Å². The van der Waals surface area contributed by atoms with Crippen molar-refractivity contribution in [2.24, 2.45) is 0 Å². The van der Waals surface area contributed by atoms with E-state index in [0.717, 1.165) is 0 Å². The molecule has 9 nitrogen and oxygen atoms in total. The number of carbonyl (C=O) groups excluding carboxylic acids is 1. The third kappa shape index (κ3) is 3.85. The summed E-state index contributed by atoms with van der Waals surface area (Å²) in [5.41, 5.74) is 4.49. The number of nitrogens with two attached hydrogens (primary N) is 1. The number of nitrogens with zero attached hydrogens (tertiary/aromatic N) is 1. The number of H-pyrrole nitrogens is 1. The van der Waals surface area contributed by atoms with E-state index in [1.807, 2.05) is 0 Å². The SMILES string of the molecule is CCNC(=O)CNc1c(N)n(CCOC)c(=O)[nH]c1=O. The number of methoxy groups -OCH3 is 1. The molecule has 0 aliphatic carbocycles. The highest BCUT2D eigenvalue weighted by molar-refractivity contribution is 5.81. The second-order valence-electron chi connectivity index (χ2n) is 3.97. The van der Waals surface area contributed by atoms with Gasteiger partial charge in [0.25, 0.3) is 5.56 Å². The van der Waals surface area contributed by atoms with Crippen LogP contribution in [0.1, 0.15) is 6.92 Å².